The fourth-order valence-electron chi connectivity index (χ4n) is 10.00. The zero-order valence-electron chi connectivity index (χ0n) is 31.4. The highest BCUT2D eigenvalue weighted by atomic mass is 15.1. The quantitative estimate of drug-likeness (QED) is 0.171. The van der Waals surface area contributed by atoms with Gasteiger partial charge in [0.25, 0.3) is 0 Å². The van der Waals surface area contributed by atoms with Gasteiger partial charge in [-0.05, 0) is 60.7 Å². The Bertz CT molecular complexity index is 3100. The molecule has 0 spiro atoms. The van der Waals surface area contributed by atoms with Crippen LogP contribution in [0.25, 0.3) is 110 Å². The maximum atomic E-state index is 2.50. The molecule has 0 bridgehead atoms. The van der Waals surface area contributed by atoms with Crippen LogP contribution in [-0.2, 0) is 0 Å². The maximum absolute atomic E-state index is 2.50. The number of fused-ring (bicyclic) bond motifs is 12. The average molecular weight is 739 g/mol. The van der Waals surface area contributed by atoms with Crippen LogP contribution in [0.5, 0.6) is 0 Å². The molecule has 9 aromatic carbocycles. The number of para-hydroxylation sites is 8. The lowest BCUT2D eigenvalue weighted by Gasteiger charge is -2.23. The van der Waals surface area contributed by atoms with E-state index in [9.17, 15) is 0 Å². The van der Waals surface area contributed by atoms with Gasteiger partial charge < -0.3 is 18.3 Å². The lowest BCUT2D eigenvalue weighted by Crippen LogP contribution is -2.10. The van der Waals surface area contributed by atoms with E-state index in [2.05, 4.69) is 225 Å². The Labute approximate surface area is 333 Å². The third-order valence-electron chi connectivity index (χ3n) is 12.4. The van der Waals surface area contributed by atoms with Gasteiger partial charge in [-0.3, -0.25) is 0 Å². The lowest BCUT2D eigenvalue weighted by molar-refractivity contribution is 1.04. The maximum Gasteiger partial charge on any atom is 0.0725 e. The SMILES string of the molecule is c1ccc2c(c1)c1ccccc1n2-c1cc(-n2c3ccccc3c3ccccc32)c(-n2c3ccccc3c3ccccc32)cc1-n1c2ccccc2c2ccccc21. The molecule has 0 radical (unpaired) electrons. The van der Waals surface area contributed by atoms with E-state index in [1.54, 1.807) is 0 Å². The highest BCUT2D eigenvalue weighted by molar-refractivity contribution is 6.14. The standard InChI is InChI=1S/C54H34N4/c1-9-25-43-35(17-1)36-18-2-10-26-44(36)55(43)51-33-53(57-47-29-13-5-21-39(47)40-22-6-14-30-48(40)57)54(58-49-31-15-7-23-41(49)42-24-8-16-32-50(42)58)34-52(51)56-45-27-11-3-19-37(45)38-20-4-12-28-46(38)56/h1-34H. The Morgan fingerprint density at radius 1 is 0.172 bits per heavy atom. The third kappa shape index (κ3) is 4.18. The van der Waals surface area contributed by atoms with Crippen molar-refractivity contribution in [2.45, 2.75) is 0 Å². The zero-order valence-corrected chi connectivity index (χ0v) is 31.4. The average Bonchev–Trinajstić information content (AvgIpc) is 4.01. The van der Waals surface area contributed by atoms with Crippen molar-refractivity contribution in [2.24, 2.45) is 0 Å². The molecular weight excluding hydrogens is 705 g/mol. The Hall–Kier alpha value is -7.82. The highest BCUT2D eigenvalue weighted by Gasteiger charge is 2.26. The first-order chi connectivity index (χ1) is 28.8. The van der Waals surface area contributed by atoms with Gasteiger partial charge in [-0.1, -0.05) is 146 Å². The van der Waals surface area contributed by atoms with E-state index >= 15 is 0 Å². The van der Waals surface area contributed by atoms with Gasteiger partial charge in [0.1, 0.15) is 0 Å². The van der Waals surface area contributed by atoms with Crippen molar-refractivity contribution in [3.63, 3.8) is 0 Å². The van der Waals surface area contributed by atoms with Crippen molar-refractivity contribution >= 4 is 87.2 Å². The topological polar surface area (TPSA) is 19.7 Å². The Morgan fingerprint density at radius 2 is 0.310 bits per heavy atom. The molecule has 0 saturated carbocycles. The monoisotopic (exact) mass is 738 g/mol. The number of benzene rings is 9. The number of hydrogen-bond acceptors (Lipinski definition) is 0. The van der Waals surface area contributed by atoms with Crippen LogP contribution in [0.15, 0.2) is 206 Å². The molecule has 4 nitrogen and oxygen atoms in total. The van der Waals surface area contributed by atoms with Gasteiger partial charge in [-0.15, -0.1) is 0 Å². The van der Waals surface area contributed by atoms with Crippen LogP contribution in [0.2, 0.25) is 0 Å². The number of nitrogens with zero attached hydrogens (tertiary/aromatic N) is 4. The second-order valence-corrected chi connectivity index (χ2v) is 15.3. The minimum Gasteiger partial charge on any atom is -0.307 e. The molecule has 0 fully saturated rings. The van der Waals surface area contributed by atoms with Gasteiger partial charge in [0.2, 0.25) is 0 Å². The van der Waals surface area contributed by atoms with Gasteiger partial charge >= 0.3 is 0 Å². The molecule has 0 saturated heterocycles. The summed E-state index contributed by atoms with van der Waals surface area (Å²) in [6.45, 7) is 0. The summed E-state index contributed by atoms with van der Waals surface area (Å²) < 4.78 is 9.99. The summed E-state index contributed by atoms with van der Waals surface area (Å²) in [4.78, 5) is 0. The molecule has 270 valence electrons. The number of hydrogen-bond donors (Lipinski definition) is 0. The van der Waals surface area contributed by atoms with E-state index in [1.807, 2.05) is 0 Å². The summed E-state index contributed by atoms with van der Waals surface area (Å²) in [5.41, 5.74) is 13.8. The largest absolute Gasteiger partial charge is 0.307 e. The molecular formula is C54H34N4. The van der Waals surface area contributed by atoms with Crippen molar-refractivity contribution in [1.82, 2.24) is 18.3 Å². The Kier molecular flexibility index (Phi) is 6.41. The predicted molar refractivity (Wildman–Crippen MR) is 244 cm³/mol. The molecule has 0 N–H and O–H groups in total. The van der Waals surface area contributed by atoms with Gasteiger partial charge in [-0.25, -0.2) is 0 Å². The zero-order chi connectivity index (χ0) is 37.9. The molecule has 0 aliphatic carbocycles. The first-order valence-corrected chi connectivity index (χ1v) is 20.0. The van der Waals surface area contributed by atoms with E-state index in [0.29, 0.717) is 0 Å². The molecule has 0 aliphatic rings. The molecule has 4 heteroatoms. The van der Waals surface area contributed by atoms with Crippen LogP contribution < -0.4 is 0 Å². The van der Waals surface area contributed by atoms with E-state index in [-0.39, 0.29) is 0 Å². The highest BCUT2D eigenvalue weighted by Crippen LogP contribution is 2.44. The van der Waals surface area contributed by atoms with E-state index in [4.69, 9.17) is 0 Å². The normalized spacial score (nSPS) is 12.1. The van der Waals surface area contributed by atoms with E-state index in [0.717, 1.165) is 22.7 Å². The molecule has 13 aromatic rings. The second-order valence-electron chi connectivity index (χ2n) is 15.3. The van der Waals surface area contributed by atoms with Crippen molar-refractivity contribution in [3.8, 4) is 22.7 Å². The molecule has 0 unspecified atom stereocenters. The Balaban J connectivity index is 1.31. The minimum absolute atomic E-state index is 1.10. The van der Waals surface area contributed by atoms with E-state index in [1.165, 1.54) is 87.2 Å². The van der Waals surface area contributed by atoms with Gasteiger partial charge in [-0.2, -0.15) is 0 Å². The molecule has 58 heavy (non-hydrogen) atoms. The van der Waals surface area contributed by atoms with Crippen LogP contribution in [0.4, 0.5) is 0 Å². The molecule has 4 aromatic heterocycles. The summed E-state index contributed by atoms with van der Waals surface area (Å²) in [7, 11) is 0. The fraction of sp³-hybridized carbons (Fsp3) is 0. The number of rotatable bonds is 4. The molecule has 4 heterocycles. The van der Waals surface area contributed by atoms with E-state index < -0.39 is 0 Å². The Morgan fingerprint density at radius 3 is 0.466 bits per heavy atom. The van der Waals surface area contributed by atoms with Crippen LogP contribution in [0, 0.1) is 0 Å². The summed E-state index contributed by atoms with van der Waals surface area (Å²) in [5.74, 6) is 0. The summed E-state index contributed by atoms with van der Waals surface area (Å²) in [6.07, 6.45) is 0. The predicted octanol–water partition coefficient (Wildman–Crippen LogP) is 14.1. The van der Waals surface area contributed by atoms with Crippen LogP contribution >= 0.6 is 0 Å². The van der Waals surface area contributed by atoms with Crippen molar-refractivity contribution in [3.05, 3.63) is 206 Å². The molecule has 0 aliphatic heterocycles. The van der Waals surface area contributed by atoms with Gasteiger partial charge in [0, 0.05) is 43.1 Å². The smallest absolute Gasteiger partial charge is 0.0725 e. The summed E-state index contributed by atoms with van der Waals surface area (Å²) >= 11 is 0. The van der Waals surface area contributed by atoms with Crippen molar-refractivity contribution in [2.75, 3.05) is 0 Å². The number of aromatic nitrogens is 4. The summed E-state index contributed by atoms with van der Waals surface area (Å²) in [5, 5.41) is 9.86. The molecule has 0 amide bonds. The minimum atomic E-state index is 1.10. The van der Waals surface area contributed by atoms with Gasteiger partial charge in [0.05, 0.1) is 66.9 Å². The summed E-state index contributed by atoms with van der Waals surface area (Å²) in [6, 6.07) is 75.7. The first-order valence-electron chi connectivity index (χ1n) is 20.0. The second kappa shape index (κ2) is 11.8. The van der Waals surface area contributed by atoms with Gasteiger partial charge in [0.15, 0.2) is 0 Å². The van der Waals surface area contributed by atoms with Crippen molar-refractivity contribution in [1.29, 1.82) is 0 Å². The van der Waals surface area contributed by atoms with Crippen molar-refractivity contribution < 1.29 is 0 Å². The molecule has 0 atom stereocenters. The molecule has 13 rings (SSSR count). The fourth-order valence-corrected chi connectivity index (χ4v) is 10.00. The first kappa shape index (κ1) is 31.4. The third-order valence-corrected chi connectivity index (χ3v) is 12.4. The van der Waals surface area contributed by atoms with Crippen LogP contribution in [0.3, 0.4) is 0 Å². The lowest BCUT2D eigenvalue weighted by atomic mass is 10.1. The van der Waals surface area contributed by atoms with Crippen LogP contribution in [0.1, 0.15) is 0 Å². The van der Waals surface area contributed by atoms with Crippen LogP contribution in [-0.4, -0.2) is 18.3 Å².